The van der Waals surface area contributed by atoms with Gasteiger partial charge in [0.25, 0.3) is 0 Å². The quantitative estimate of drug-likeness (QED) is 0.903. The average molecular weight is 344 g/mol. The highest BCUT2D eigenvalue weighted by Gasteiger charge is 2.36. The van der Waals surface area contributed by atoms with Crippen LogP contribution >= 0.6 is 0 Å². The van der Waals surface area contributed by atoms with Crippen LogP contribution in [0.3, 0.4) is 0 Å². The van der Waals surface area contributed by atoms with Gasteiger partial charge in [0.15, 0.2) is 0 Å². The number of rotatable bonds is 5. The number of aliphatic hydroxyl groups is 1. The van der Waals surface area contributed by atoms with Crippen LogP contribution in [0.1, 0.15) is 18.4 Å². The molecule has 1 unspecified atom stereocenters. The molecule has 1 atom stereocenters. The van der Waals surface area contributed by atoms with Crippen molar-refractivity contribution >= 4 is 11.8 Å². The maximum atomic E-state index is 14.1. The van der Waals surface area contributed by atoms with Crippen molar-refractivity contribution in [3.8, 4) is 0 Å². The van der Waals surface area contributed by atoms with Crippen molar-refractivity contribution in [3.63, 3.8) is 0 Å². The predicted molar refractivity (Wildman–Crippen MR) is 97.4 cm³/mol. The normalized spacial score (nSPS) is 20.6. The molecule has 0 radical (unpaired) electrons. The summed E-state index contributed by atoms with van der Waals surface area (Å²) in [4.78, 5) is 13.1. The fraction of sp³-hybridized carbons (Fsp3) is 0.474. The smallest absolute Gasteiger partial charge is 0.227 e. The number of aliphatic hydroxyl groups excluding tert-OH is 1. The molecule has 25 heavy (non-hydrogen) atoms. The molecule has 1 fully saturated rings. The summed E-state index contributed by atoms with van der Waals surface area (Å²) < 4.78 is 14.1. The third-order valence-electron chi connectivity index (χ3n) is 4.89. The number of hydrogen-bond acceptors (Lipinski definition) is 5. The number of piperidine rings is 1. The number of halogens is 1. The fourth-order valence-electron chi connectivity index (χ4n) is 3.49. The summed E-state index contributed by atoms with van der Waals surface area (Å²) in [7, 11) is 3.89. The van der Waals surface area contributed by atoms with Crippen LogP contribution in [-0.2, 0) is 6.42 Å². The third kappa shape index (κ3) is 3.90. The molecular weight excluding hydrogens is 319 g/mol. The highest BCUT2D eigenvalue weighted by molar-refractivity contribution is 5.43. The second kappa shape index (κ2) is 7.35. The van der Waals surface area contributed by atoms with Crippen LogP contribution in [0.15, 0.2) is 36.5 Å². The van der Waals surface area contributed by atoms with Crippen LogP contribution in [0.5, 0.6) is 0 Å². The van der Waals surface area contributed by atoms with E-state index >= 15 is 0 Å². The van der Waals surface area contributed by atoms with Gasteiger partial charge < -0.3 is 14.9 Å². The SMILES string of the molecule is CN(C)c1ccnc(N2CCCC(CO)(Cc3ccccc3F)C2)n1. The number of nitrogens with zero attached hydrogens (tertiary/aromatic N) is 4. The number of aromatic nitrogens is 2. The zero-order valence-corrected chi connectivity index (χ0v) is 14.8. The van der Waals surface area contributed by atoms with Crippen LogP contribution in [0.25, 0.3) is 0 Å². The zero-order chi connectivity index (χ0) is 17.9. The lowest BCUT2D eigenvalue weighted by atomic mass is 9.75. The Morgan fingerprint density at radius 3 is 2.80 bits per heavy atom. The Morgan fingerprint density at radius 1 is 1.28 bits per heavy atom. The highest BCUT2D eigenvalue weighted by atomic mass is 19.1. The molecule has 1 N–H and O–H groups in total. The maximum absolute atomic E-state index is 14.1. The molecule has 0 bridgehead atoms. The number of anilines is 2. The summed E-state index contributed by atoms with van der Waals surface area (Å²) in [6.07, 6.45) is 4.05. The Morgan fingerprint density at radius 2 is 2.08 bits per heavy atom. The van der Waals surface area contributed by atoms with Gasteiger partial charge in [-0.3, -0.25) is 0 Å². The van der Waals surface area contributed by atoms with E-state index in [1.54, 1.807) is 18.3 Å². The van der Waals surface area contributed by atoms with Gasteiger partial charge in [-0.1, -0.05) is 18.2 Å². The monoisotopic (exact) mass is 344 g/mol. The molecule has 0 amide bonds. The van der Waals surface area contributed by atoms with E-state index in [1.165, 1.54) is 6.07 Å². The van der Waals surface area contributed by atoms with Crippen molar-refractivity contribution in [2.75, 3.05) is 43.6 Å². The number of hydrogen-bond donors (Lipinski definition) is 1. The van der Waals surface area contributed by atoms with Gasteiger partial charge in [-0.05, 0) is 37.0 Å². The van der Waals surface area contributed by atoms with Crippen LogP contribution in [-0.4, -0.2) is 48.9 Å². The molecule has 5 nitrogen and oxygen atoms in total. The van der Waals surface area contributed by atoms with Crippen LogP contribution in [0.4, 0.5) is 16.2 Å². The van der Waals surface area contributed by atoms with Gasteiger partial charge >= 0.3 is 0 Å². The van der Waals surface area contributed by atoms with Gasteiger partial charge in [-0.25, -0.2) is 9.37 Å². The van der Waals surface area contributed by atoms with E-state index in [0.717, 1.165) is 25.2 Å². The van der Waals surface area contributed by atoms with E-state index in [-0.39, 0.29) is 17.8 Å². The zero-order valence-electron chi connectivity index (χ0n) is 14.8. The molecule has 0 spiro atoms. The van der Waals surface area contributed by atoms with E-state index in [9.17, 15) is 9.50 Å². The van der Waals surface area contributed by atoms with Gasteiger partial charge in [0.2, 0.25) is 5.95 Å². The molecule has 2 heterocycles. The second-order valence-electron chi connectivity index (χ2n) is 7.06. The molecule has 6 heteroatoms. The summed E-state index contributed by atoms with van der Waals surface area (Å²) in [5.74, 6) is 1.30. The molecule has 1 aliphatic rings. The fourth-order valence-corrected chi connectivity index (χ4v) is 3.49. The lowest BCUT2D eigenvalue weighted by Crippen LogP contribution is -2.47. The first-order chi connectivity index (χ1) is 12.0. The van der Waals surface area contributed by atoms with Crippen LogP contribution in [0, 0.1) is 11.2 Å². The van der Waals surface area contributed by atoms with E-state index in [4.69, 9.17) is 0 Å². The summed E-state index contributed by atoms with van der Waals surface area (Å²) in [5.41, 5.74) is 0.277. The predicted octanol–water partition coefficient (Wildman–Crippen LogP) is 2.50. The van der Waals surface area contributed by atoms with E-state index in [0.29, 0.717) is 24.5 Å². The molecule has 1 saturated heterocycles. The molecule has 1 aromatic carbocycles. The van der Waals surface area contributed by atoms with Gasteiger partial charge in [0, 0.05) is 38.8 Å². The summed E-state index contributed by atoms with van der Waals surface area (Å²) in [5, 5.41) is 10.1. The van der Waals surface area contributed by atoms with Gasteiger partial charge in [0.1, 0.15) is 11.6 Å². The Kier molecular flexibility index (Phi) is 5.18. The van der Waals surface area contributed by atoms with Gasteiger partial charge in [-0.2, -0.15) is 4.98 Å². The van der Waals surface area contributed by atoms with Crippen molar-refractivity contribution in [1.29, 1.82) is 0 Å². The minimum atomic E-state index is -0.377. The Labute approximate surface area is 148 Å². The van der Waals surface area contributed by atoms with E-state index in [1.807, 2.05) is 31.1 Å². The summed E-state index contributed by atoms with van der Waals surface area (Å²) in [6, 6.07) is 8.68. The van der Waals surface area contributed by atoms with Crippen molar-refractivity contribution in [3.05, 3.63) is 47.9 Å². The minimum Gasteiger partial charge on any atom is -0.396 e. The molecule has 2 aromatic rings. The van der Waals surface area contributed by atoms with Crippen molar-refractivity contribution in [2.45, 2.75) is 19.3 Å². The van der Waals surface area contributed by atoms with Gasteiger partial charge in [0.05, 0.1) is 6.61 Å². The molecule has 0 saturated carbocycles. The Balaban J connectivity index is 1.83. The summed E-state index contributed by atoms with van der Waals surface area (Å²) >= 11 is 0. The van der Waals surface area contributed by atoms with E-state index < -0.39 is 0 Å². The first-order valence-corrected chi connectivity index (χ1v) is 8.63. The molecule has 134 valence electrons. The molecule has 1 aromatic heterocycles. The van der Waals surface area contributed by atoms with Crippen molar-refractivity contribution in [2.24, 2.45) is 5.41 Å². The maximum Gasteiger partial charge on any atom is 0.227 e. The van der Waals surface area contributed by atoms with Crippen molar-refractivity contribution in [1.82, 2.24) is 9.97 Å². The first kappa shape index (κ1) is 17.6. The third-order valence-corrected chi connectivity index (χ3v) is 4.89. The van der Waals surface area contributed by atoms with Gasteiger partial charge in [-0.15, -0.1) is 0 Å². The minimum absolute atomic E-state index is 0.0191. The highest BCUT2D eigenvalue weighted by Crippen LogP contribution is 2.35. The first-order valence-electron chi connectivity index (χ1n) is 8.63. The standard InChI is InChI=1S/C19H25FN4O/c1-23(2)17-8-10-21-18(22-17)24-11-5-9-19(13-24,14-25)12-15-6-3-4-7-16(15)20/h3-4,6-8,10,25H,5,9,11-14H2,1-2H3. The number of benzene rings is 1. The molecule has 0 aliphatic carbocycles. The summed E-state index contributed by atoms with van der Waals surface area (Å²) in [6.45, 7) is 1.48. The van der Waals surface area contributed by atoms with Crippen LogP contribution in [0.2, 0.25) is 0 Å². The average Bonchev–Trinajstić information content (AvgIpc) is 2.64. The molecule has 3 rings (SSSR count). The molecular formula is C19H25FN4O. The second-order valence-corrected chi connectivity index (χ2v) is 7.06. The lowest BCUT2D eigenvalue weighted by Gasteiger charge is -2.42. The topological polar surface area (TPSA) is 52.5 Å². The lowest BCUT2D eigenvalue weighted by molar-refractivity contribution is 0.104. The Hall–Kier alpha value is -2.21. The van der Waals surface area contributed by atoms with Crippen LogP contribution < -0.4 is 9.80 Å². The largest absolute Gasteiger partial charge is 0.396 e. The Bertz CT molecular complexity index is 724. The molecule has 1 aliphatic heterocycles. The van der Waals surface area contributed by atoms with Crippen molar-refractivity contribution < 1.29 is 9.50 Å². The van der Waals surface area contributed by atoms with E-state index in [2.05, 4.69) is 14.9 Å².